The summed E-state index contributed by atoms with van der Waals surface area (Å²) in [5.41, 5.74) is 6.52. The third-order valence-corrected chi connectivity index (χ3v) is 4.24. The van der Waals surface area contributed by atoms with Gasteiger partial charge in [-0.2, -0.15) is 0 Å². The van der Waals surface area contributed by atoms with Gasteiger partial charge in [-0.1, -0.05) is 6.07 Å². The van der Waals surface area contributed by atoms with Gasteiger partial charge in [0.15, 0.2) is 0 Å². The van der Waals surface area contributed by atoms with Crippen LogP contribution in [0.2, 0.25) is 0 Å². The van der Waals surface area contributed by atoms with Crippen molar-refractivity contribution in [3.8, 4) is 0 Å². The van der Waals surface area contributed by atoms with Crippen LogP contribution in [0, 0.1) is 0 Å². The highest BCUT2D eigenvalue weighted by Gasteiger charge is 2.15. The Morgan fingerprint density at radius 3 is 2.44 bits per heavy atom. The molecule has 3 N–H and O–H groups in total. The lowest BCUT2D eigenvalue weighted by Gasteiger charge is -2.33. The molecule has 3 rings (SSSR count). The standard InChI is InChI=1S/C18H21N5O2/c1-22-7-9-23(10-8-22)16-6-5-15(12-20-16)21-18(25)14-4-2-3-13(11-14)17(19)24/h2-6,11-12H,7-10H2,1H3,(H2,19,24)(H,21,25). The number of nitrogens with zero attached hydrogens (tertiary/aromatic N) is 3. The molecule has 1 aromatic carbocycles. The molecule has 0 radical (unpaired) electrons. The molecule has 0 saturated carbocycles. The zero-order chi connectivity index (χ0) is 17.8. The zero-order valence-corrected chi connectivity index (χ0v) is 14.1. The number of rotatable bonds is 4. The van der Waals surface area contributed by atoms with Crippen molar-refractivity contribution < 1.29 is 9.59 Å². The number of hydrogen-bond donors (Lipinski definition) is 2. The van der Waals surface area contributed by atoms with Crippen LogP contribution < -0.4 is 16.0 Å². The molecular weight excluding hydrogens is 318 g/mol. The number of carbonyl (C=O) groups is 2. The van der Waals surface area contributed by atoms with Crippen LogP contribution in [0.15, 0.2) is 42.6 Å². The van der Waals surface area contributed by atoms with Gasteiger partial charge in [-0.25, -0.2) is 4.98 Å². The van der Waals surface area contributed by atoms with Crippen LogP contribution in [0.25, 0.3) is 0 Å². The number of hydrogen-bond acceptors (Lipinski definition) is 5. The lowest BCUT2D eigenvalue weighted by Crippen LogP contribution is -2.44. The third kappa shape index (κ3) is 4.13. The van der Waals surface area contributed by atoms with Crippen molar-refractivity contribution >= 4 is 23.3 Å². The second-order valence-corrected chi connectivity index (χ2v) is 6.09. The number of benzene rings is 1. The van der Waals surface area contributed by atoms with E-state index >= 15 is 0 Å². The molecule has 7 heteroatoms. The number of aromatic nitrogens is 1. The average molecular weight is 339 g/mol. The van der Waals surface area contributed by atoms with Crippen LogP contribution in [-0.4, -0.2) is 54.9 Å². The van der Waals surface area contributed by atoms with Gasteiger partial charge in [0.2, 0.25) is 5.91 Å². The maximum Gasteiger partial charge on any atom is 0.255 e. The number of carbonyl (C=O) groups excluding carboxylic acids is 2. The Morgan fingerprint density at radius 1 is 1.08 bits per heavy atom. The molecule has 0 unspecified atom stereocenters. The first-order chi connectivity index (χ1) is 12.0. The van der Waals surface area contributed by atoms with Gasteiger partial charge in [-0.15, -0.1) is 0 Å². The Balaban J connectivity index is 1.66. The highest BCUT2D eigenvalue weighted by Crippen LogP contribution is 2.16. The molecule has 7 nitrogen and oxygen atoms in total. The summed E-state index contributed by atoms with van der Waals surface area (Å²) in [4.78, 5) is 32.5. The van der Waals surface area contributed by atoms with Crippen molar-refractivity contribution in [2.75, 3.05) is 43.4 Å². The van der Waals surface area contributed by atoms with E-state index in [1.807, 2.05) is 12.1 Å². The fourth-order valence-electron chi connectivity index (χ4n) is 2.70. The van der Waals surface area contributed by atoms with E-state index in [4.69, 9.17) is 5.73 Å². The van der Waals surface area contributed by atoms with E-state index in [0.717, 1.165) is 32.0 Å². The van der Waals surface area contributed by atoms with E-state index in [0.29, 0.717) is 16.8 Å². The maximum atomic E-state index is 12.3. The van der Waals surface area contributed by atoms with Crippen molar-refractivity contribution in [1.82, 2.24) is 9.88 Å². The van der Waals surface area contributed by atoms with Gasteiger partial charge in [0.1, 0.15) is 5.82 Å². The van der Waals surface area contributed by atoms with Crippen molar-refractivity contribution in [3.63, 3.8) is 0 Å². The molecule has 0 aliphatic carbocycles. The second kappa shape index (κ2) is 7.31. The van der Waals surface area contributed by atoms with E-state index in [1.165, 1.54) is 6.07 Å². The molecule has 2 amide bonds. The molecular formula is C18H21N5O2. The smallest absolute Gasteiger partial charge is 0.255 e. The summed E-state index contributed by atoms with van der Waals surface area (Å²) in [6, 6.07) is 10.0. The fraction of sp³-hybridized carbons (Fsp3) is 0.278. The summed E-state index contributed by atoms with van der Waals surface area (Å²) >= 11 is 0. The molecule has 0 bridgehead atoms. The molecule has 2 aromatic rings. The normalized spacial score (nSPS) is 15.0. The molecule has 1 fully saturated rings. The Labute approximate surface area is 146 Å². The third-order valence-electron chi connectivity index (χ3n) is 4.24. The van der Waals surface area contributed by atoms with Gasteiger partial charge in [0.05, 0.1) is 11.9 Å². The Hall–Kier alpha value is -2.93. The van der Waals surface area contributed by atoms with E-state index in [-0.39, 0.29) is 5.91 Å². The lowest BCUT2D eigenvalue weighted by molar-refractivity contribution is 0.1000. The summed E-state index contributed by atoms with van der Waals surface area (Å²) in [5.74, 6) is 0.0342. The molecule has 1 aliphatic heterocycles. The van der Waals surface area contributed by atoms with E-state index < -0.39 is 5.91 Å². The number of pyridine rings is 1. The maximum absolute atomic E-state index is 12.3. The number of primary amides is 1. The average Bonchev–Trinajstić information content (AvgIpc) is 2.63. The largest absolute Gasteiger partial charge is 0.366 e. The predicted molar refractivity (Wildman–Crippen MR) is 96.9 cm³/mol. The highest BCUT2D eigenvalue weighted by atomic mass is 16.2. The van der Waals surface area contributed by atoms with Crippen molar-refractivity contribution in [3.05, 3.63) is 53.7 Å². The monoisotopic (exact) mass is 339 g/mol. The van der Waals surface area contributed by atoms with E-state index in [9.17, 15) is 9.59 Å². The van der Waals surface area contributed by atoms with Gasteiger partial charge >= 0.3 is 0 Å². The molecule has 1 aliphatic rings. The Bertz CT molecular complexity index is 767. The van der Waals surface area contributed by atoms with Crippen LogP contribution in [0.4, 0.5) is 11.5 Å². The summed E-state index contributed by atoms with van der Waals surface area (Å²) in [5, 5.41) is 2.78. The fourth-order valence-corrected chi connectivity index (χ4v) is 2.70. The SMILES string of the molecule is CN1CCN(c2ccc(NC(=O)c3cccc(C(N)=O)c3)cn2)CC1. The van der Waals surface area contributed by atoms with Crippen molar-refractivity contribution in [2.24, 2.45) is 5.73 Å². The van der Waals surface area contributed by atoms with Crippen LogP contribution in [0.5, 0.6) is 0 Å². The van der Waals surface area contributed by atoms with Crippen LogP contribution in [0.1, 0.15) is 20.7 Å². The lowest BCUT2D eigenvalue weighted by atomic mass is 10.1. The van der Waals surface area contributed by atoms with E-state index in [1.54, 1.807) is 24.4 Å². The number of nitrogens with one attached hydrogen (secondary N) is 1. The first-order valence-corrected chi connectivity index (χ1v) is 8.14. The highest BCUT2D eigenvalue weighted by molar-refractivity contribution is 6.05. The topological polar surface area (TPSA) is 91.6 Å². The minimum absolute atomic E-state index is 0.302. The summed E-state index contributed by atoms with van der Waals surface area (Å²) in [7, 11) is 2.11. The van der Waals surface area contributed by atoms with Crippen LogP contribution in [-0.2, 0) is 0 Å². The second-order valence-electron chi connectivity index (χ2n) is 6.09. The van der Waals surface area contributed by atoms with Crippen LogP contribution in [0.3, 0.4) is 0 Å². The Kier molecular flexibility index (Phi) is 4.95. The van der Waals surface area contributed by atoms with Gasteiger partial charge in [0.25, 0.3) is 5.91 Å². The minimum atomic E-state index is -0.562. The molecule has 130 valence electrons. The van der Waals surface area contributed by atoms with Gasteiger partial charge < -0.3 is 20.9 Å². The van der Waals surface area contributed by atoms with Crippen LogP contribution >= 0.6 is 0 Å². The van der Waals surface area contributed by atoms with Gasteiger partial charge in [-0.3, -0.25) is 9.59 Å². The van der Waals surface area contributed by atoms with Gasteiger partial charge in [-0.05, 0) is 37.4 Å². The number of anilines is 2. The summed E-state index contributed by atoms with van der Waals surface area (Å²) in [6.07, 6.45) is 1.64. The molecule has 1 saturated heterocycles. The quantitative estimate of drug-likeness (QED) is 0.873. The molecule has 0 spiro atoms. The number of nitrogens with two attached hydrogens (primary N) is 1. The number of amides is 2. The summed E-state index contributed by atoms with van der Waals surface area (Å²) < 4.78 is 0. The first-order valence-electron chi connectivity index (χ1n) is 8.14. The molecule has 0 atom stereocenters. The van der Waals surface area contributed by atoms with E-state index in [2.05, 4.69) is 27.1 Å². The Morgan fingerprint density at radius 2 is 1.80 bits per heavy atom. The molecule has 1 aromatic heterocycles. The predicted octanol–water partition coefficient (Wildman–Crippen LogP) is 1.18. The molecule has 25 heavy (non-hydrogen) atoms. The number of likely N-dealkylation sites (N-methyl/N-ethyl adjacent to an activating group) is 1. The first kappa shape index (κ1) is 16.9. The van der Waals surface area contributed by atoms with Gasteiger partial charge in [0, 0.05) is 37.3 Å². The van der Waals surface area contributed by atoms with Crippen molar-refractivity contribution in [1.29, 1.82) is 0 Å². The molecule has 2 heterocycles. The zero-order valence-electron chi connectivity index (χ0n) is 14.1. The minimum Gasteiger partial charge on any atom is -0.366 e. The number of piperazine rings is 1. The van der Waals surface area contributed by atoms with Crippen molar-refractivity contribution in [2.45, 2.75) is 0 Å². The summed E-state index contributed by atoms with van der Waals surface area (Å²) in [6.45, 7) is 3.90.